The molecule has 1 heterocycles. The molecule has 9 heteroatoms. The Bertz CT molecular complexity index is 1030. The molecule has 3 rings (SSSR count). The molecule has 1 amide bonds. The first-order valence-corrected chi connectivity index (χ1v) is 9.30. The number of sulfonamides is 1. The van der Waals surface area contributed by atoms with Crippen molar-refractivity contribution in [2.75, 3.05) is 13.7 Å². The Morgan fingerprint density at radius 1 is 1.27 bits per heavy atom. The monoisotopic (exact) mass is 374 g/mol. The van der Waals surface area contributed by atoms with Crippen molar-refractivity contribution in [2.45, 2.75) is 11.3 Å². The Labute approximate surface area is 150 Å². The van der Waals surface area contributed by atoms with Crippen molar-refractivity contribution in [2.24, 2.45) is 5.73 Å². The molecule has 0 aliphatic carbocycles. The van der Waals surface area contributed by atoms with E-state index in [9.17, 15) is 13.2 Å². The van der Waals surface area contributed by atoms with Gasteiger partial charge in [-0.1, -0.05) is 12.1 Å². The molecule has 136 valence electrons. The molecule has 1 aromatic heterocycles. The van der Waals surface area contributed by atoms with Crippen molar-refractivity contribution in [1.29, 1.82) is 0 Å². The van der Waals surface area contributed by atoms with Gasteiger partial charge in [0.25, 0.3) is 5.91 Å². The molecule has 4 N–H and O–H groups in total. The van der Waals surface area contributed by atoms with Gasteiger partial charge in [0.05, 0.1) is 28.6 Å². The van der Waals surface area contributed by atoms with Crippen LogP contribution in [0.1, 0.15) is 16.2 Å². The topological polar surface area (TPSA) is 127 Å². The summed E-state index contributed by atoms with van der Waals surface area (Å²) >= 11 is 0. The van der Waals surface area contributed by atoms with E-state index in [1.165, 1.54) is 25.3 Å². The van der Waals surface area contributed by atoms with Gasteiger partial charge in [-0.2, -0.15) is 0 Å². The van der Waals surface area contributed by atoms with Crippen LogP contribution >= 0.6 is 0 Å². The third-order valence-electron chi connectivity index (χ3n) is 3.84. The van der Waals surface area contributed by atoms with Gasteiger partial charge in [-0.15, -0.1) is 0 Å². The number of carbonyl (C=O) groups is 1. The molecular formula is C17H18N4O4S. The van der Waals surface area contributed by atoms with Gasteiger partial charge < -0.3 is 15.5 Å². The van der Waals surface area contributed by atoms with Crippen molar-refractivity contribution in [3.63, 3.8) is 0 Å². The SMILES string of the molecule is COc1ccc(S(=O)(=O)NCCc2nc3ccccc3[nH]2)cc1C(N)=O. The second-order valence-corrected chi connectivity index (χ2v) is 7.34. The predicted octanol–water partition coefficient (Wildman–Crippen LogP) is 1.19. The smallest absolute Gasteiger partial charge is 0.252 e. The third kappa shape index (κ3) is 3.68. The van der Waals surface area contributed by atoms with Crippen LogP contribution in [0, 0.1) is 0 Å². The number of methoxy groups -OCH3 is 1. The number of rotatable bonds is 7. The Morgan fingerprint density at radius 2 is 2.04 bits per heavy atom. The fourth-order valence-electron chi connectivity index (χ4n) is 2.56. The van der Waals surface area contributed by atoms with Gasteiger partial charge in [0.15, 0.2) is 0 Å². The van der Waals surface area contributed by atoms with Gasteiger partial charge in [-0.05, 0) is 30.3 Å². The zero-order chi connectivity index (χ0) is 18.7. The molecule has 0 fully saturated rings. The Hall–Kier alpha value is -2.91. The van der Waals surface area contributed by atoms with Crippen LogP contribution in [0.15, 0.2) is 47.4 Å². The summed E-state index contributed by atoms with van der Waals surface area (Å²) in [7, 11) is -2.42. The number of hydrogen-bond acceptors (Lipinski definition) is 5. The van der Waals surface area contributed by atoms with E-state index in [4.69, 9.17) is 10.5 Å². The van der Waals surface area contributed by atoms with E-state index in [-0.39, 0.29) is 22.8 Å². The zero-order valence-corrected chi connectivity index (χ0v) is 14.8. The van der Waals surface area contributed by atoms with Gasteiger partial charge >= 0.3 is 0 Å². The summed E-state index contributed by atoms with van der Waals surface area (Å²) in [5.41, 5.74) is 7.00. The molecule has 0 aliphatic heterocycles. The van der Waals surface area contributed by atoms with Crippen molar-refractivity contribution in [3.05, 3.63) is 53.9 Å². The van der Waals surface area contributed by atoms with Crippen molar-refractivity contribution in [1.82, 2.24) is 14.7 Å². The fourth-order valence-corrected chi connectivity index (χ4v) is 3.62. The van der Waals surface area contributed by atoms with E-state index in [1.807, 2.05) is 24.3 Å². The summed E-state index contributed by atoms with van der Waals surface area (Å²) in [5, 5.41) is 0. The minimum Gasteiger partial charge on any atom is -0.496 e. The summed E-state index contributed by atoms with van der Waals surface area (Å²) in [6, 6.07) is 11.5. The van der Waals surface area contributed by atoms with Gasteiger partial charge in [0.1, 0.15) is 11.6 Å². The number of aromatic nitrogens is 2. The normalized spacial score (nSPS) is 11.6. The molecular weight excluding hydrogens is 356 g/mol. The second kappa shape index (κ2) is 7.14. The number of fused-ring (bicyclic) bond motifs is 1. The number of aromatic amines is 1. The predicted molar refractivity (Wildman–Crippen MR) is 96.5 cm³/mol. The average molecular weight is 374 g/mol. The largest absolute Gasteiger partial charge is 0.496 e. The fraction of sp³-hybridized carbons (Fsp3) is 0.176. The van der Waals surface area contributed by atoms with E-state index in [0.29, 0.717) is 12.2 Å². The van der Waals surface area contributed by atoms with Crippen LogP contribution in [-0.2, 0) is 16.4 Å². The van der Waals surface area contributed by atoms with Crippen LogP contribution in [0.3, 0.4) is 0 Å². The summed E-state index contributed by atoms with van der Waals surface area (Å²) in [4.78, 5) is 18.9. The van der Waals surface area contributed by atoms with Crippen LogP contribution in [-0.4, -0.2) is 37.9 Å². The lowest BCUT2D eigenvalue weighted by atomic mass is 10.2. The maximum atomic E-state index is 12.4. The number of nitrogens with zero attached hydrogens (tertiary/aromatic N) is 1. The minimum absolute atomic E-state index is 0.00709. The number of nitrogens with two attached hydrogens (primary N) is 1. The quantitative estimate of drug-likeness (QED) is 0.572. The molecule has 0 bridgehead atoms. The Kier molecular flexibility index (Phi) is 4.92. The molecule has 0 unspecified atom stereocenters. The van der Waals surface area contributed by atoms with E-state index in [2.05, 4.69) is 14.7 Å². The lowest BCUT2D eigenvalue weighted by Crippen LogP contribution is -2.26. The number of hydrogen-bond donors (Lipinski definition) is 3. The molecule has 0 spiro atoms. The highest BCUT2D eigenvalue weighted by Crippen LogP contribution is 2.22. The molecule has 2 aromatic carbocycles. The molecule has 3 aromatic rings. The highest BCUT2D eigenvalue weighted by molar-refractivity contribution is 7.89. The van der Waals surface area contributed by atoms with Crippen LogP contribution in [0.5, 0.6) is 5.75 Å². The molecule has 0 saturated carbocycles. The highest BCUT2D eigenvalue weighted by Gasteiger charge is 2.18. The standard InChI is InChI=1S/C17H18N4O4S/c1-25-15-7-6-11(10-12(15)17(18)22)26(23,24)19-9-8-16-20-13-4-2-3-5-14(13)21-16/h2-7,10,19H,8-9H2,1H3,(H2,18,22)(H,20,21). The summed E-state index contributed by atoms with van der Waals surface area (Å²) in [5.74, 6) is 0.140. The number of benzene rings is 2. The van der Waals surface area contributed by atoms with Gasteiger partial charge in [0, 0.05) is 13.0 Å². The molecule has 26 heavy (non-hydrogen) atoms. The molecule has 0 atom stereocenters. The Morgan fingerprint density at radius 3 is 2.73 bits per heavy atom. The number of carbonyl (C=O) groups excluding carboxylic acids is 1. The summed E-state index contributed by atoms with van der Waals surface area (Å²) < 4.78 is 32.4. The van der Waals surface area contributed by atoms with Crippen LogP contribution in [0.25, 0.3) is 11.0 Å². The van der Waals surface area contributed by atoms with Crippen molar-refractivity contribution >= 4 is 27.0 Å². The molecule has 0 radical (unpaired) electrons. The molecule has 0 aliphatic rings. The lowest BCUT2D eigenvalue weighted by Gasteiger charge is -2.10. The number of nitrogens with one attached hydrogen (secondary N) is 2. The first-order valence-electron chi connectivity index (χ1n) is 7.82. The van der Waals surface area contributed by atoms with E-state index >= 15 is 0 Å². The third-order valence-corrected chi connectivity index (χ3v) is 5.30. The number of ether oxygens (including phenoxy) is 1. The first kappa shape index (κ1) is 17.9. The van der Waals surface area contributed by atoms with Gasteiger partial charge in [0.2, 0.25) is 10.0 Å². The molecule has 0 saturated heterocycles. The van der Waals surface area contributed by atoms with Gasteiger partial charge in [-0.25, -0.2) is 18.1 Å². The number of amides is 1. The van der Waals surface area contributed by atoms with Crippen LogP contribution in [0.2, 0.25) is 0 Å². The average Bonchev–Trinajstić information content (AvgIpc) is 3.03. The zero-order valence-electron chi connectivity index (χ0n) is 14.0. The van der Waals surface area contributed by atoms with E-state index < -0.39 is 15.9 Å². The van der Waals surface area contributed by atoms with Crippen molar-refractivity contribution < 1.29 is 17.9 Å². The number of H-pyrrole nitrogens is 1. The van der Waals surface area contributed by atoms with Crippen molar-refractivity contribution in [3.8, 4) is 5.75 Å². The van der Waals surface area contributed by atoms with Crippen LogP contribution in [0.4, 0.5) is 0 Å². The molecule has 8 nitrogen and oxygen atoms in total. The Balaban J connectivity index is 1.72. The minimum atomic E-state index is -3.80. The number of imidazole rings is 1. The first-order chi connectivity index (χ1) is 12.4. The van der Waals surface area contributed by atoms with Gasteiger partial charge in [-0.3, -0.25) is 4.79 Å². The maximum Gasteiger partial charge on any atom is 0.252 e. The number of para-hydroxylation sites is 2. The maximum absolute atomic E-state index is 12.4. The lowest BCUT2D eigenvalue weighted by molar-refractivity contribution is 0.0997. The summed E-state index contributed by atoms with van der Waals surface area (Å²) in [6.07, 6.45) is 0.396. The van der Waals surface area contributed by atoms with Crippen LogP contribution < -0.4 is 15.2 Å². The number of primary amides is 1. The van der Waals surface area contributed by atoms with E-state index in [1.54, 1.807) is 0 Å². The highest BCUT2D eigenvalue weighted by atomic mass is 32.2. The second-order valence-electron chi connectivity index (χ2n) is 5.57. The summed E-state index contributed by atoms with van der Waals surface area (Å²) in [6.45, 7) is 0.153. The van der Waals surface area contributed by atoms with E-state index in [0.717, 1.165) is 11.0 Å².